The number of allylic oxidation sites excluding steroid dienone is 1. The second-order valence-electron chi connectivity index (χ2n) is 5.86. The van der Waals surface area contributed by atoms with E-state index in [9.17, 15) is 20.1 Å². The van der Waals surface area contributed by atoms with Crippen LogP contribution in [-0.4, -0.2) is 58.4 Å². The number of carbonyl (C=O) groups is 1. The average Bonchev–Trinajstić information content (AvgIpc) is 2.49. The molecule has 1 aliphatic heterocycles. The Kier molecular flexibility index (Phi) is 7.37. The number of hydrogen-bond donors (Lipinski definition) is 4. The van der Waals surface area contributed by atoms with Gasteiger partial charge in [-0.3, -0.25) is 4.79 Å². The monoisotopic (exact) mass is 329 g/mol. The number of aliphatic hydroxyl groups is 3. The van der Waals surface area contributed by atoms with Gasteiger partial charge in [0.05, 0.1) is 23.9 Å². The Morgan fingerprint density at radius 1 is 1.48 bits per heavy atom. The van der Waals surface area contributed by atoms with Gasteiger partial charge in [-0.05, 0) is 26.3 Å². The zero-order valence-electron chi connectivity index (χ0n) is 13.9. The van der Waals surface area contributed by atoms with Crippen molar-refractivity contribution >= 4 is 5.78 Å². The maximum absolute atomic E-state index is 11.3. The van der Waals surface area contributed by atoms with Gasteiger partial charge in [-0.2, -0.15) is 0 Å². The molecule has 0 saturated carbocycles. The lowest BCUT2D eigenvalue weighted by Gasteiger charge is -2.37. The Morgan fingerprint density at radius 2 is 2.09 bits per heavy atom. The van der Waals surface area contributed by atoms with Crippen molar-refractivity contribution in [2.45, 2.75) is 64.3 Å². The van der Waals surface area contributed by atoms with Crippen LogP contribution >= 0.6 is 0 Å². The van der Waals surface area contributed by atoms with Crippen LogP contribution < -0.4 is 5.73 Å². The topological polar surface area (TPSA) is 122 Å². The summed E-state index contributed by atoms with van der Waals surface area (Å²) in [6.45, 7) is 7.97. The molecule has 23 heavy (non-hydrogen) atoms. The lowest BCUT2D eigenvalue weighted by molar-refractivity contribution is -0.235. The van der Waals surface area contributed by atoms with Gasteiger partial charge in [0.25, 0.3) is 0 Å². The quantitative estimate of drug-likeness (QED) is 0.306. The van der Waals surface area contributed by atoms with Gasteiger partial charge in [-0.25, -0.2) is 0 Å². The molecule has 1 fully saturated rings. The van der Waals surface area contributed by atoms with Crippen molar-refractivity contribution in [2.24, 2.45) is 5.73 Å². The average molecular weight is 329 g/mol. The Labute approximate surface area is 136 Å². The molecule has 5 N–H and O–H groups in total. The zero-order valence-corrected chi connectivity index (χ0v) is 13.9. The van der Waals surface area contributed by atoms with Crippen LogP contribution in [0.2, 0.25) is 0 Å². The third-order valence-corrected chi connectivity index (χ3v) is 4.03. The number of hydrogen-bond acceptors (Lipinski definition) is 7. The van der Waals surface area contributed by atoms with Crippen molar-refractivity contribution in [1.29, 1.82) is 0 Å². The third kappa shape index (κ3) is 5.12. The second-order valence-corrected chi connectivity index (χ2v) is 5.86. The Bertz CT molecular complexity index is 463. The zero-order chi connectivity index (χ0) is 17.7. The van der Waals surface area contributed by atoms with Crippen LogP contribution in [0.4, 0.5) is 0 Å². The number of carbonyl (C=O) groups excluding carboxylic acids is 1. The van der Waals surface area contributed by atoms with Crippen molar-refractivity contribution in [3.63, 3.8) is 0 Å². The summed E-state index contributed by atoms with van der Waals surface area (Å²) in [6.07, 6.45) is -2.08. The van der Waals surface area contributed by atoms with Crippen LogP contribution in [0.5, 0.6) is 0 Å². The summed E-state index contributed by atoms with van der Waals surface area (Å²) in [7, 11) is 0. The molecule has 7 heteroatoms. The Hall–Kier alpha value is -1.25. The standard InChI is InChI=1S/C16H27NO6/c1-8(10(3)19)15(20)9(2)13(5-6-18)23-14-7-12(17)16(21)11(4)22-14/h11-14,16,18,20-21H,1,5-7,17H2,2-4H3/b15-9-/t11?,12?,13-,14?,16?/m0/s1. The molecular formula is C16H27NO6. The predicted octanol–water partition coefficient (Wildman–Crippen LogP) is 0.554. The van der Waals surface area contributed by atoms with Crippen LogP contribution in [0, 0.1) is 0 Å². The van der Waals surface area contributed by atoms with Crippen molar-refractivity contribution in [3.05, 3.63) is 23.5 Å². The van der Waals surface area contributed by atoms with E-state index in [4.69, 9.17) is 15.2 Å². The smallest absolute Gasteiger partial charge is 0.162 e. The Morgan fingerprint density at radius 3 is 2.57 bits per heavy atom. The molecule has 0 spiro atoms. The van der Waals surface area contributed by atoms with Crippen LogP contribution in [0.25, 0.3) is 0 Å². The van der Waals surface area contributed by atoms with Crippen molar-refractivity contribution in [2.75, 3.05) is 6.61 Å². The van der Waals surface area contributed by atoms with Crippen LogP contribution in [0.3, 0.4) is 0 Å². The maximum atomic E-state index is 11.3. The van der Waals surface area contributed by atoms with Crippen LogP contribution in [0.1, 0.15) is 33.6 Å². The first-order valence-corrected chi connectivity index (χ1v) is 7.64. The lowest BCUT2D eigenvalue weighted by Crippen LogP contribution is -2.52. The lowest BCUT2D eigenvalue weighted by atomic mass is 9.99. The van der Waals surface area contributed by atoms with Crippen LogP contribution in [0.15, 0.2) is 23.5 Å². The first kappa shape index (κ1) is 19.8. The summed E-state index contributed by atoms with van der Waals surface area (Å²) >= 11 is 0. The predicted molar refractivity (Wildman–Crippen MR) is 84.7 cm³/mol. The fourth-order valence-corrected chi connectivity index (χ4v) is 2.42. The van der Waals surface area contributed by atoms with E-state index in [1.807, 2.05) is 0 Å². The molecule has 0 aromatic rings. The molecule has 5 atom stereocenters. The molecule has 1 saturated heterocycles. The molecule has 7 nitrogen and oxygen atoms in total. The summed E-state index contributed by atoms with van der Waals surface area (Å²) in [6, 6.07) is -0.483. The Balaban J connectivity index is 2.88. The highest BCUT2D eigenvalue weighted by Crippen LogP contribution is 2.25. The van der Waals surface area contributed by atoms with E-state index < -0.39 is 30.6 Å². The normalized spacial score (nSPS) is 30.5. The molecule has 0 radical (unpaired) electrons. The van der Waals surface area contributed by atoms with Gasteiger partial charge in [0.2, 0.25) is 0 Å². The summed E-state index contributed by atoms with van der Waals surface area (Å²) in [4.78, 5) is 11.3. The van der Waals surface area contributed by atoms with Gasteiger partial charge in [-0.15, -0.1) is 0 Å². The number of ketones is 1. The molecule has 0 amide bonds. The highest BCUT2D eigenvalue weighted by atomic mass is 16.7. The fourth-order valence-electron chi connectivity index (χ4n) is 2.42. The van der Waals surface area contributed by atoms with E-state index in [0.717, 1.165) is 0 Å². The largest absolute Gasteiger partial charge is 0.507 e. The molecule has 0 aromatic carbocycles. The highest BCUT2D eigenvalue weighted by molar-refractivity contribution is 5.96. The minimum Gasteiger partial charge on any atom is -0.507 e. The first-order valence-electron chi connectivity index (χ1n) is 7.64. The molecule has 4 unspecified atom stereocenters. The van der Waals surface area contributed by atoms with Gasteiger partial charge in [0.15, 0.2) is 12.1 Å². The maximum Gasteiger partial charge on any atom is 0.162 e. The molecule has 1 aliphatic rings. The van der Waals surface area contributed by atoms with Gasteiger partial charge >= 0.3 is 0 Å². The van der Waals surface area contributed by atoms with E-state index in [1.54, 1.807) is 13.8 Å². The highest BCUT2D eigenvalue weighted by Gasteiger charge is 2.35. The SMILES string of the molecule is C=C(C(C)=O)/C(O)=C(\C)[C@H](CCO)OC1CC(N)C(O)C(C)O1. The van der Waals surface area contributed by atoms with Crippen molar-refractivity contribution in [1.82, 2.24) is 0 Å². The number of rotatable bonds is 7. The minimum absolute atomic E-state index is 0.0147. The third-order valence-electron chi connectivity index (χ3n) is 4.03. The summed E-state index contributed by atoms with van der Waals surface area (Å²) in [5.41, 5.74) is 6.22. The fraction of sp³-hybridized carbons (Fsp3) is 0.688. The second kappa shape index (κ2) is 8.56. The van der Waals surface area contributed by atoms with E-state index >= 15 is 0 Å². The number of nitrogens with two attached hydrogens (primary N) is 1. The van der Waals surface area contributed by atoms with Gasteiger partial charge < -0.3 is 30.5 Å². The molecule has 1 rings (SSSR count). The van der Waals surface area contributed by atoms with Crippen molar-refractivity contribution < 1.29 is 29.6 Å². The number of ether oxygens (including phenoxy) is 2. The molecule has 0 bridgehead atoms. The van der Waals surface area contributed by atoms with Gasteiger partial charge in [0.1, 0.15) is 5.76 Å². The van der Waals surface area contributed by atoms with Crippen molar-refractivity contribution in [3.8, 4) is 0 Å². The van der Waals surface area contributed by atoms with E-state index in [2.05, 4.69) is 6.58 Å². The molecular weight excluding hydrogens is 302 g/mol. The van der Waals surface area contributed by atoms with E-state index in [1.165, 1.54) is 6.92 Å². The molecule has 0 aliphatic carbocycles. The number of aliphatic hydroxyl groups excluding tert-OH is 3. The van der Waals surface area contributed by atoms with E-state index in [0.29, 0.717) is 5.57 Å². The summed E-state index contributed by atoms with van der Waals surface area (Å²) in [5.74, 6) is -0.596. The summed E-state index contributed by atoms with van der Waals surface area (Å²) < 4.78 is 11.3. The van der Waals surface area contributed by atoms with E-state index in [-0.39, 0.29) is 36.6 Å². The molecule has 0 aromatic heterocycles. The first-order chi connectivity index (χ1) is 10.7. The molecule has 1 heterocycles. The number of Topliss-reactive ketones (excluding diaryl/α,β-unsaturated/α-hetero) is 1. The van der Waals surface area contributed by atoms with Gasteiger partial charge in [0, 0.05) is 25.5 Å². The van der Waals surface area contributed by atoms with Gasteiger partial charge in [-0.1, -0.05) is 6.58 Å². The van der Waals surface area contributed by atoms with Crippen LogP contribution in [-0.2, 0) is 14.3 Å². The molecule has 132 valence electrons. The minimum atomic E-state index is -0.770. The summed E-state index contributed by atoms with van der Waals surface area (Å²) in [5, 5.41) is 29.1.